The number of nitrogens with one attached hydrogen (secondary N) is 2. The van der Waals surface area contributed by atoms with Gasteiger partial charge in [-0.15, -0.1) is 0 Å². The van der Waals surface area contributed by atoms with Crippen molar-refractivity contribution in [1.29, 1.82) is 0 Å². The van der Waals surface area contributed by atoms with E-state index in [0.717, 1.165) is 44.9 Å². The molecule has 17 heteroatoms. The largest absolute Gasteiger partial charge is 0.469 e. The maximum Gasteiger partial charge on any atom is 0.469 e. The van der Waals surface area contributed by atoms with Crippen LogP contribution in [0.3, 0.4) is 0 Å². The number of nitrogens with two attached hydrogens (primary N) is 1. The number of carbonyl (C=O) groups excluding carboxylic acids is 6. The molecule has 0 aliphatic carbocycles. The standard InChI is InChI=1S/C42H65N6O10P/c1-28(2)22-36(46-42(54)37-19-15-21-48(37)31(5)49)39(51)24-33(41(53)45-29(3)38(50)25-35(40(43)52)30(4)58-59(55,56)57)23-34-26-44-27-47(34)20-14-9-7-6-8-11-16-32-17-12-10-13-18-32/h10,12-13,17-18,26-30,33,35-37H,6-9,11,14-16,19-25H2,1-5H3,(H2,43,52)(H,45,53)(H,46,54)(H2,55,56,57)/t29-,30+,33+,35-,36-,37?/m0/s1. The molecule has 0 radical (unpaired) electrons. The molecule has 2 heterocycles. The van der Waals surface area contributed by atoms with Crippen LogP contribution >= 0.6 is 7.82 Å². The number of Topliss-reactive ketones (excluding diaryl/α,β-unsaturated/α-hetero) is 2. The van der Waals surface area contributed by atoms with E-state index in [9.17, 15) is 43.1 Å². The fourth-order valence-electron chi connectivity index (χ4n) is 7.60. The fourth-order valence-corrected chi connectivity index (χ4v) is 8.18. The molecule has 328 valence electrons. The molecule has 0 saturated carbocycles. The van der Waals surface area contributed by atoms with Crippen molar-refractivity contribution in [2.75, 3.05) is 6.54 Å². The highest BCUT2D eigenvalue weighted by molar-refractivity contribution is 7.46. The van der Waals surface area contributed by atoms with E-state index < -0.39 is 73.8 Å². The SMILES string of the molecule is CC(=O)N1CCCC1C(=O)N[C@@H](CC(C)C)C(=O)C[C@@H](Cc1cncn1CCCCCCCCc1ccccc1)C(=O)N[C@@H](C)C(=O)C[C@H](C(N)=O)[C@@H](C)OP(=O)(O)O. The molecule has 16 nitrogen and oxygen atoms in total. The van der Waals surface area contributed by atoms with Gasteiger partial charge in [-0.3, -0.25) is 33.3 Å². The summed E-state index contributed by atoms with van der Waals surface area (Å²) in [4.78, 5) is 104. The van der Waals surface area contributed by atoms with Gasteiger partial charge in [0.15, 0.2) is 11.6 Å². The van der Waals surface area contributed by atoms with E-state index in [-0.39, 0.29) is 30.4 Å². The second-order valence-electron chi connectivity index (χ2n) is 16.3. The zero-order chi connectivity index (χ0) is 43.7. The normalized spacial score (nSPS) is 16.9. The maximum absolute atomic E-state index is 14.1. The van der Waals surface area contributed by atoms with Crippen LogP contribution in [0.15, 0.2) is 42.9 Å². The first kappa shape index (κ1) is 49.1. The van der Waals surface area contributed by atoms with E-state index in [1.165, 1.54) is 31.2 Å². The Morgan fingerprint density at radius 2 is 1.59 bits per heavy atom. The van der Waals surface area contributed by atoms with Gasteiger partial charge in [-0.1, -0.05) is 69.9 Å². The lowest BCUT2D eigenvalue weighted by molar-refractivity contribution is -0.138. The molecule has 3 rings (SSSR count). The van der Waals surface area contributed by atoms with Crippen molar-refractivity contribution in [3.05, 3.63) is 54.1 Å². The van der Waals surface area contributed by atoms with Gasteiger partial charge in [0.1, 0.15) is 6.04 Å². The Morgan fingerprint density at radius 1 is 0.932 bits per heavy atom. The van der Waals surface area contributed by atoms with Gasteiger partial charge in [-0.2, -0.15) is 0 Å². The number of hydrogen-bond donors (Lipinski definition) is 5. The number of nitrogens with zero attached hydrogens (tertiary/aromatic N) is 3. The van der Waals surface area contributed by atoms with Gasteiger partial charge >= 0.3 is 7.82 Å². The summed E-state index contributed by atoms with van der Waals surface area (Å²) in [6.07, 6.45) is 10.1. The number of primary amides is 1. The highest BCUT2D eigenvalue weighted by Crippen LogP contribution is 2.39. The van der Waals surface area contributed by atoms with Crippen molar-refractivity contribution < 1.29 is 47.6 Å². The number of phosphoric acid groups is 1. The van der Waals surface area contributed by atoms with E-state index in [4.69, 9.17) is 5.73 Å². The monoisotopic (exact) mass is 844 g/mol. The summed E-state index contributed by atoms with van der Waals surface area (Å²) < 4.78 is 18.0. The first-order valence-electron chi connectivity index (χ1n) is 20.9. The molecule has 1 unspecified atom stereocenters. The Labute approximate surface area is 348 Å². The van der Waals surface area contributed by atoms with Gasteiger partial charge in [-0.05, 0) is 63.9 Å². The van der Waals surface area contributed by atoms with E-state index >= 15 is 0 Å². The minimum absolute atomic E-state index is 0.00194. The molecule has 2 aromatic rings. The molecule has 6 N–H and O–H groups in total. The number of carbonyl (C=O) groups is 6. The number of benzene rings is 1. The zero-order valence-corrected chi connectivity index (χ0v) is 36.1. The molecule has 6 atom stereocenters. The van der Waals surface area contributed by atoms with Crippen LogP contribution in [0.4, 0.5) is 0 Å². The average molecular weight is 845 g/mol. The Bertz CT molecular complexity index is 1750. The third-order valence-corrected chi connectivity index (χ3v) is 11.5. The van der Waals surface area contributed by atoms with E-state index in [1.807, 2.05) is 24.5 Å². The molecule has 1 aliphatic heterocycles. The van der Waals surface area contributed by atoms with Gasteiger partial charge in [-0.25, -0.2) is 9.55 Å². The molecular formula is C42H65N6O10P. The average Bonchev–Trinajstić information content (AvgIpc) is 3.84. The summed E-state index contributed by atoms with van der Waals surface area (Å²) >= 11 is 0. The molecule has 4 amide bonds. The van der Waals surface area contributed by atoms with Crippen LogP contribution in [0.1, 0.15) is 117 Å². The number of aromatic nitrogens is 2. The number of phosphoric ester groups is 1. The fraction of sp³-hybridized carbons (Fsp3) is 0.643. The summed E-state index contributed by atoms with van der Waals surface area (Å²) in [5, 5.41) is 5.54. The lowest BCUT2D eigenvalue weighted by Gasteiger charge is -2.27. The first-order valence-corrected chi connectivity index (χ1v) is 22.4. The summed E-state index contributed by atoms with van der Waals surface area (Å²) in [5.41, 5.74) is 7.50. The third-order valence-electron chi connectivity index (χ3n) is 10.9. The lowest BCUT2D eigenvalue weighted by Crippen LogP contribution is -2.51. The van der Waals surface area contributed by atoms with E-state index in [2.05, 4.69) is 44.4 Å². The summed E-state index contributed by atoms with van der Waals surface area (Å²) in [6.45, 7) is 8.95. The van der Waals surface area contributed by atoms with Crippen molar-refractivity contribution in [2.45, 2.75) is 149 Å². The number of likely N-dealkylation sites (tertiary alicyclic amines) is 1. The lowest BCUT2D eigenvalue weighted by atomic mass is 9.89. The Hall–Kier alpha value is -4.24. The zero-order valence-electron chi connectivity index (χ0n) is 35.2. The Balaban J connectivity index is 1.73. The maximum atomic E-state index is 14.1. The summed E-state index contributed by atoms with van der Waals surface area (Å²) in [6, 6.07) is 7.63. The third kappa shape index (κ3) is 17.1. The van der Waals surface area contributed by atoms with Crippen molar-refractivity contribution >= 4 is 43.0 Å². The first-order chi connectivity index (χ1) is 27.9. The number of ketones is 2. The van der Waals surface area contributed by atoms with Crippen LogP contribution in [0, 0.1) is 17.8 Å². The quantitative estimate of drug-likeness (QED) is 0.0631. The molecule has 0 bridgehead atoms. The van der Waals surface area contributed by atoms with Gasteiger partial charge in [0, 0.05) is 51.2 Å². The molecule has 1 saturated heterocycles. The second-order valence-corrected chi connectivity index (χ2v) is 17.5. The van der Waals surface area contributed by atoms with Crippen LogP contribution in [-0.2, 0) is 57.2 Å². The topological polar surface area (TPSA) is 240 Å². The van der Waals surface area contributed by atoms with Crippen LogP contribution in [0.25, 0.3) is 0 Å². The highest BCUT2D eigenvalue weighted by Gasteiger charge is 2.37. The molecular weight excluding hydrogens is 779 g/mol. The summed E-state index contributed by atoms with van der Waals surface area (Å²) in [5.74, 6) is -5.69. The number of amides is 4. The van der Waals surface area contributed by atoms with Gasteiger partial charge in [0.25, 0.3) is 0 Å². The number of unbranched alkanes of at least 4 members (excludes halogenated alkanes) is 5. The number of imidazole rings is 1. The van der Waals surface area contributed by atoms with Crippen LogP contribution in [0.2, 0.25) is 0 Å². The number of hydrogen-bond acceptors (Lipinski definition) is 9. The summed E-state index contributed by atoms with van der Waals surface area (Å²) in [7, 11) is -5.00. The van der Waals surface area contributed by atoms with E-state index in [1.54, 1.807) is 12.5 Å². The molecule has 1 aromatic carbocycles. The Morgan fingerprint density at radius 3 is 2.22 bits per heavy atom. The molecule has 1 fully saturated rings. The minimum atomic E-state index is -5.00. The van der Waals surface area contributed by atoms with Gasteiger partial charge in [0.2, 0.25) is 23.6 Å². The van der Waals surface area contributed by atoms with Gasteiger partial charge < -0.3 is 35.6 Å². The van der Waals surface area contributed by atoms with E-state index in [0.29, 0.717) is 38.0 Å². The molecule has 1 aromatic heterocycles. The van der Waals surface area contributed by atoms with Crippen LogP contribution < -0.4 is 16.4 Å². The minimum Gasteiger partial charge on any atom is -0.369 e. The van der Waals surface area contributed by atoms with Gasteiger partial charge in [0.05, 0.1) is 36.4 Å². The predicted molar refractivity (Wildman–Crippen MR) is 221 cm³/mol. The van der Waals surface area contributed by atoms with Crippen LogP contribution in [0.5, 0.6) is 0 Å². The van der Waals surface area contributed by atoms with Crippen molar-refractivity contribution in [1.82, 2.24) is 25.1 Å². The van der Waals surface area contributed by atoms with Crippen molar-refractivity contribution in [3.8, 4) is 0 Å². The second kappa shape index (κ2) is 24.1. The van der Waals surface area contributed by atoms with Crippen LogP contribution in [-0.4, -0.2) is 90.2 Å². The molecule has 59 heavy (non-hydrogen) atoms. The highest BCUT2D eigenvalue weighted by atomic mass is 31.2. The molecule has 0 spiro atoms. The van der Waals surface area contributed by atoms with Crippen molar-refractivity contribution in [3.63, 3.8) is 0 Å². The Kier molecular flexibility index (Phi) is 20.1. The number of aryl methyl sites for hydroxylation is 2. The molecule has 1 aliphatic rings. The predicted octanol–water partition coefficient (Wildman–Crippen LogP) is 4.19. The van der Waals surface area contributed by atoms with Crippen molar-refractivity contribution in [2.24, 2.45) is 23.5 Å². The number of rotatable bonds is 27. The smallest absolute Gasteiger partial charge is 0.369 e.